The van der Waals surface area contributed by atoms with E-state index in [1.807, 2.05) is 0 Å². The molecule has 0 saturated heterocycles. The lowest BCUT2D eigenvalue weighted by atomic mass is 10.1. The van der Waals surface area contributed by atoms with Crippen LogP contribution in [0.2, 0.25) is 0 Å². The van der Waals surface area contributed by atoms with Gasteiger partial charge in [0.25, 0.3) is 0 Å². The summed E-state index contributed by atoms with van der Waals surface area (Å²) in [6.45, 7) is 0. The van der Waals surface area contributed by atoms with E-state index in [0.717, 1.165) is 10.5 Å². The highest BCUT2D eigenvalue weighted by atomic mass is 79.9. The molecule has 0 aliphatic rings. The van der Waals surface area contributed by atoms with Crippen molar-refractivity contribution in [1.29, 1.82) is 0 Å². The lowest BCUT2D eigenvalue weighted by molar-refractivity contribution is 0.415. The molecule has 0 bridgehead atoms. The number of fused-ring (bicyclic) bond motifs is 1. The molecule has 0 spiro atoms. The Morgan fingerprint density at radius 1 is 1.13 bits per heavy atom. The SMILES string of the molecule is COc1ccc2oc(-c3ccc(S(C)=O)cc3)c(Br)c(=O)c2c1. The van der Waals surface area contributed by atoms with Crippen LogP contribution in [0, 0.1) is 0 Å². The van der Waals surface area contributed by atoms with Crippen molar-refractivity contribution in [2.24, 2.45) is 0 Å². The quantitative estimate of drug-likeness (QED) is 0.676. The Morgan fingerprint density at radius 3 is 2.43 bits per heavy atom. The van der Waals surface area contributed by atoms with Gasteiger partial charge in [-0.15, -0.1) is 0 Å². The zero-order valence-electron chi connectivity index (χ0n) is 12.5. The molecular formula is C17H13BrO4S. The van der Waals surface area contributed by atoms with E-state index in [1.54, 1.807) is 55.8 Å². The summed E-state index contributed by atoms with van der Waals surface area (Å²) in [6.07, 6.45) is 1.62. The Balaban J connectivity index is 2.20. The second-order valence-electron chi connectivity index (χ2n) is 4.91. The molecule has 0 saturated carbocycles. The van der Waals surface area contributed by atoms with Crippen LogP contribution in [0.5, 0.6) is 5.75 Å². The van der Waals surface area contributed by atoms with Crippen LogP contribution in [0.25, 0.3) is 22.3 Å². The van der Waals surface area contributed by atoms with Crippen LogP contribution in [-0.2, 0) is 10.8 Å². The number of methoxy groups -OCH3 is 1. The van der Waals surface area contributed by atoms with Gasteiger partial charge in [0.05, 0.1) is 12.5 Å². The van der Waals surface area contributed by atoms with E-state index < -0.39 is 10.8 Å². The molecule has 0 N–H and O–H groups in total. The fourth-order valence-electron chi connectivity index (χ4n) is 2.26. The number of rotatable bonds is 3. The van der Waals surface area contributed by atoms with Gasteiger partial charge in [0.2, 0.25) is 5.43 Å². The fraction of sp³-hybridized carbons (Fsp3) is 0.118. The van der Waals surface area contributed by atoms with Gasteiger partial charge >= 0.3 is 0 Å². The van der Waals surface area contributed by atoms with E-state index in [0.29, 0.717) is 27.0 Å². The molecule has 4 nitrogen and oxygen atoms in total. The Hall–Kier alpha value is -1.92. The van der Waals surface area contributed by atoms with Crippen molar-refractivity contribution in [2.75, 3.05) is 13.4 Å². The maximum atomic E-state index is 12.6. The Kier molecular flexibility index (Phi) is 4.37. The first-order chi connectivity index (χ1) is 11.0. The minimum atomic E-state index is -1.05. The first-order valence-corrected chi connectivity index (χ1v) is 9.10. The van der Waals surface area contributed by atoms with Crippen LogP contribution < -0.4 is 10.2 Å². The molecule has 0 fully saturated rings. The molecule has 118 valence electrons. The molecule has 2 aromatic carbocycles. The standard InChI is InChI=1S/C17H13BrO4S/c1-21-11-5-8-14-13(9-11)16(19)15(18)17(22-14)10-3-6-12(7-4-10)23(2)20/h3-9H,1-2H3. The van der Waals surface area contributed by atoms with Crippen molar-refractivity contribution in [2.45, 2.75) is 4.90 Å². The highest BCUT2D eigenvalue weighted by Gasteiger charge is 2.15. The van der Waals surface area contributed by atoms with Crippen LogP contribution in [-0.4, -0.2) is 17.6 Å². The van der Waals surface area contributed by atoms with E-state index >= 15 is 0 Å². The Bertz CT molecular complexity index is 961. The topological polar surface area (TPSA) is 56.5 Å². The van der Waals surface area contributed by atoms with Crippen molar-refractivity contribution in [3.63, 3.8) is 0 Å². The second-order valence-corrected chi connectivity index (χ2v) is 7.09. The van der Waals surface area contributed by atoms with E-state index in [4.69, 9.17) is 9.15 Å². The monoisotopic (exact) mass is 392 g/mol. The Morgan fingerprint density at radius 2 is 1.83 bits per heavy atom. The van der Waals surface area contributed by atoms with Crippen molar-refractivity contribution >= 4 is 37.7 Å². The van der Waals surface area contributed by atoms with Crippen LogP contribution in [0.15, 0.2) is 61.0 Å². The van der Waals surface area contributed by atoms with Gasteiger partial charge < -0.3 is 9.15 Å². The molecule has 1 unspecified atom stereocenters. The highest BCUT2D eigenvalue weighted by Crippen LogP contribution is 2.30. The average molecular weight is 393 g/mol. The first kappa shape index (κ1) is 16.0. The first-order valence-electron chi connectivity index (χ1n) is 6.75. The van der Waals surface area contributed by atoms with E-state index in [-0.39, 0.29) is 5.43 Å². The van der Waals surface area contributed by atoms with Crippen molar-refractivity contribution < 1.29 is 13.4 Å². The number of halogens is 1. The lowest BCUT2D eigenvalue weighted by Crippen LogP contribution is -2.04. The summed E-state index contributed by atoms with van der Waals surface area (Å²) in [5.74, 6) is 1.04. The zero-order chi connectivity index (χ0) is 16.6. The predicted octanol–water partition coefficient (Wildman–Crippen LogP) is 3.97. The van der Waals surface area contributed by atoms with Gasteiger partial charge in [-0.05, 0) is 58.4 Å². The van der Waals surface area contributed by atoms with Crippen LogP contribution in [0.1, 0.15) is 0 Å². The van der Waals surface area contributed by atoms with Gasteiger partial charge in [0.1, 0.15) is 15.8 Å². The van der Waals surface area contributed by atoms with Gasteiger partial charge in [-0.25, -0.2) is 0 Å². The van der Waals surface area contributed by atoms with Crippen molar-refractivity contribution in [3.05, 3.63) is 57.2 Å². The van der Waals surface area contributed by atoms with Crippen LogP contribution in [0.4, 0.5) is 0 Å². The fourth-order valence-corrected chi connectivity index (χ4v) is 3.31. The number of hydrogen-bond acceptors (Lipinski definition) is 4. The minimum absolute atomic E-state index is 0.164. The largest absolute Gasteiger partial charge is 0.497 e. The summed E-state index contributed by atoms with van der Waals surface area (Å²) in [6, 6.07) is 12.2. The summed E-state index contributed by atoms with van der Waals surface area (Å²) >= 11 is 3.32. The number of hydrogen-bond donors (Lipinski definition) is 0. The third-order valence-corrected chi connectivity index (χ3v) is 5.15. The molecule has 1 aromatic heterocycles. The lowest BCUT2D eigenvalue weighted by Gasteiger charge is -2.08. The molecule has 3 rings (SSSR count). The normalized spacial score (nSPS) is 12.3. The van der Waals surface area contributed by atoms with Gasteiger partial charge in [-0.2, -0.15) is 0 Å². The van der Waals surface area contributed by atoms with Crippen molar-refractivity contribution in [1.82, 2.24) is 0 Å². The van der Waals surface area contributed by atoms with Crippen LogP contribution in [0.3, 0.4) is 0 Å². The van der Waals surface area contributed by atoms with E-state index in [9.17, 15) is 9.00 Å². The summed E-state index contributed by atoms with van der Waals surface area (Å²) in [4.78, 5) is 13.3. The Labute approximate surface area is 143 Å². The summed E-state index contributed by atoms with van der Waals surface area (Å²) in [7, 11) is 0.500. The van der Waals surface area contributed by atoms with E-state index in [1.165, 1.54) is 0 Å². The molecule has 6 heteroatoms. The predicted molar refractivity (Wildman–Crippen MR) is 94.5 cm³/mol. The van der Waals surface area contributed by atoms with Crippen LogP contribution >= 0.6 is 15.9 Å². The summed E-state index contributed by atoms with van der Waals surface area (Å²) in [5.41, 5.74) is 1.06. The van der Waals surface area contributed by atoms with Crippen molar-refractivity contribution in [3.8, 4) is 17.1 Å². The van der Waals surface area contributed by atoms with Gasteiger partial charge in [-0.1, -0.05) is 0 Å². The average Bonchev–Trinajstić information content (AvgIpc) is 2.58. The van der Waals surface area contributed by atoms with E-state index in [2.05, 4.69) is 15.9 Å². The molecule has 23 heavy (non-hydrogen) atoms. The molecule has 0 aliphatic heterocycles. The third-order valence-electron chi connectivity index (χ3n) is 3.49. The highest BCUT2D eigenvalue weighted by molar-refractivity contribution is 9.10. The molecule has 1 heterocycles. The maximum Gasteiger partial charge on any atom is 0.207 e. The molecule has 0 aliphatic carbocycles. The molecular weight excluding hydrogens is 380 g/mol. The third kappa shape index (κ3) is 2.96. The summed E-state index contributed by atoms with van der Waals surface area (Å²) < 4.78 is 22.8. The smallest absolute Gasteiger partial charge is 0.207 e. The minimum Gasteiger partial charge on any atom is -0.497 e. The molecule has 1 atom stereocenters. The van der Waals surface area contributed by atoms with Gasteiger partial charge in [0, 0.05) is 27.5 Å². The second kappa shape index (κ2) is 6.29. The summed E-state index contributed by atoms with van der Waals surface area (Å²) in [5, 5.41) is 0.450. The molecule has 3 aromatic rings. The molecule has 0 amide bonds. The number of ether oxygens (including phenoxy) is 1. The molecule has 0 radical (unpaired) electrons. The maximum absolute atomic E-state index is 12.6. The van der Waals surface area contributed by atoms with Gasteiger partial charge in [0.15, 0.2) is 5.76 Å². The van der Waals surface area contributed by atoms with Gasteiger partial charge in [-0.3, -0.25) is 9.00 Å². The number of benzene rings is 2. The zero-order valence-corrected chi connectivity index (χ0v) is 14.9.